The van der Waals surface area contributed by atoms with Gasteiger partial charge in [-0.2, -0.15) is 0 Å². The molecule has 3 aliphatic rings. The molecule has 1 aliphatic carbocycles. The van der Waals surface area contributed by atoms with E-state index in [-0.39, 0.29) is 25.6 Å². The summed E-state index contributed by atoms with van der Waals surface area (Å²) in [7, 11) is 1.44. The fourth-order valence-corrected chi connectivity index (χ4v) is 6.91. The number of H-pyrrole nitrogens is 1. The molecule has 11 heteroatoms. The van der Waals surface area contributed by atoms with Gasteiger partial charge in [0.05, 0.1) is 18.4 Å². The monoisotopic (exact) mass is 549 g/mol. The third-order valence-electron chi connectivity index (χ3n) is 8.83. The Balaban J connectivity index is 1.54. The van der Waals surface area contributed by atoms with Gasteiger partial charge in [0.15, 0.2) is 0 Å². The van der Waals surface area contributed by atoms with Crippen molar-refractivity contribution >= 4 is 40.6 Å². The number of para-hydroxylation sites is 1. The average molecular weight is 550 g/mol. The molecule has 2 aromatic rings. The van der Waals surface area contributed by atoms with Gasteiger partial charge in [-0.05, 0) is 44.2 Å². The van der Waals surface area contributed by atoms with Gasteiger partial charge in [0, 0.05) is 48.7 Å². The maximum atomic E-state index is 14.2. The van der Waals surface area contributed by atoms with E-state index in [0.717, 1.165) is 26.3 Å². The third kappa shape index (κ3) is 4.11. The van der Waals surface area contributed by atoms with Gasteiger partial charge in [-0.1, -0.05) is 30.7 Å². The van der Waals surface area contributed by atoms with Gasteiger partial charge in [-0.15, -0.1) is 0 Å². The quantitative estimate of drug-likeness (QED) is 0.384. The topological polar surface area (TPSA) is 152 Å². The second-order valence-electron chi connectivity index (χ2n) is 10.9. The molecule has 40 heavy (non-hydrogen) atoms. The molecule has 1 aromatic heterocycles. The van der Waals surface area contributed by atoms with E-state index in [0.29, 0.717) is 36.8 Å². The molecular weight excluding hydrogens is 514 g/mol. The maximum absolute atomic E-state index is 14.2. The number of nitrogens with one attached hydrogen (secondary N) is 3. The number of hydrogen-bond acceptors (Lipinski definition) is 6. The summed E-state index contributed by atoms with van der Waals surface area (Å²) < 4.78 is 0. The number of urea groups is 1. The molecule has 4 N–H and O–H groups in total. The predicted octanol–water partition coefficient (Wildman–Crippen LogP) is 1.48. The van der Waals surface area contributed by atoms with Crippen LogP contribution in [0.5, 0.6) is 0 Å². The Bertz CT molecular complexity index is 1430. The van der Waals surface area contributed by atoms with Crippen molar-refractivity contribution in [3.63, 3.8) is 0 Å². The Morgan fingerprint density at radius 3 is 2.60 bits per heavy atom. The number of carbonyl (C=O) groups is 5. The van der Waals surface area contributed by atoms with Crippen LogP contribution in [0.2, 0.25) is 0 Å². The minimum atomic E-state index is -1.78. The molecule has 1 aromatic carbocycles. The Morgan fingerprint density at radius 1 is 1.12 bits per heavy atom. The number of rotatable bonds is 7. The van der Waals surface area contributed by atoms with Crippen LogP contribution in [0.1, 0.15) is 38.7 Å². The van der Waals surface area contributed by atoms with Gasteiger partial charge in [0.1, 0.15) is 5.54 Å². The highest BCUT2D eigenvalue weighted by Gasteiger charge is 2.65. The SMILES string of the molecule is CCC1=C2CC[C@H]3C(=O)N(C)C(=O)[C@H]3[C@H]2[C@@](C)(C(=O)NCCc2c[nH]c3ccccc23)N(C(=O)NCCO)C1=O. The second kappa shape index (κ2) is 10.5. The number of carbonyl (C=O) groups excluding carboxylic acids is 5. The van der Waals surface area contributed by atoms with Crippen molar-refractivity contribution < 1.29 is 29.1 Å². The minimum absolute atomic E-state index is 0.115. The zero-order valence-corrected chi connectivity index (χ0v) is 23.0. The number of imide groups is 2. The highest BCUT2D eigenvalue weighted by atomic mass is 16.3. The van der Waals surface area contributed by atoms with E-state index in [2.05, 4.69) is 15.6 Å². The van der Waals surface area contributed by atoms with E-state index in [1.165, 1.54) is 14.0 Å². The summed E-state index contributed by atoms with van der Waals surface area (Å²) in [5, 5.41) is 15.8. The summed E-state index contributed by atoms with van der Waals surface area (Å²) in [5.74, 6) is -4.23. The number of fused-ring (bicyclic) bond motifs is 4. The van der Waals surface area contributed by atoms with Gasteiger partial charge < -0.3 is 20.7 Å². The molecule has 1 saturated heterocycles. The number of aromatic nitrogens is 1. The molecule has 3 heterocycles. The van der Waals surface area contributed by atoms with Crippen LogP contribution in [0.4, 0.5) is 4.79 Å². The van der Waals surface area contributed by atoms with Crippen LogP contribution in [0, 0.1) is 17.8 Å². The lowest BCUT2D eigenvalue weighted by atomic mass is 9.59. The lowest BCUT2D eigenvalue weighted by Crippen LogP contribution is -2.71. The van der Waals surface area contributed by atoms with E-state index in [9.17, 15) is 29.1 Å². The number of aliphatic hydroxyl groups excluding tert-OH is 1. The first-order valence-electron chi connectivity index (χ1n) is 13.8. The van der Waals surface area contributed by atoms with Gasteiger partial charge in [-0.25, -0.2) is 9.69 Å². The Hall–Kier alpha value is -3.99. The molecule has 0 spiro atoms. The third-order valence-corrected chi connectivity index (χ3v) is 8.83. The van der Waals surface area contributed by atoms with Crippen LogP contribution in [0.15, 0.2) is 41.6 Å². The molecule has 2 aliphatic heterocycles. The van der Waals surface area contributed by atoms with Crippen molar-refractivity contribution in [2.45, 2.75) is 45.1 Å². The molecule has 0 bridgehead atoms. The Kier molecular flexibility index (Phi) is 7.26. The van der Waals surface area contributed by atoms with Crippen LogP contribution in [0.25, 0.3) is 10.9 Å². The van der Waals surface area contributed by atoms with Crippen molar-refractivity contribution in [3.05, 3.63) is 47.2 Å². The number of aliphatic hydroxyl groups is 1. The first-order chi connectivity index (χ1) is 19.2. The van der Waals surface area contributed by atoms with Gasteiger partial charge in [0.2, 0.25) is 17.7 Å². The number of aromatic amines is 1. The minimum Gasteiger partial charge on any atom is -0.395 e. The summed E-state index contributed by atoms with van der Waals surface area (Å²) in [6, 6.07) is 6.99. The van der Waals surface area contributed by atoms with Crippen LogP contribution in [-0.2, 0) is 25.6 Å². The highest BCUT2D eigenvalue weighted by molar-refractivity contribution is 6.12. The van der Waals surface area contributed by atoms with Crippen molar-refractivity contribution in [1.82, 2.24) is 25.4 Å². The average Bonchev–Trinajstić information content (AvgIpc) is 3.46. The van der Waals surface area contributed by atoms with Crippen LogP contribution in [0.3, 0.4) is 0 Å². The van der Waals surface area contributed by atoms with Gasteiger partial charge >= 0.3 is 6.03 Å². The summed E-state index contributed by atoms with van der Waals surface area (Å²) in [6.07, 6.45) is 3.48. The Labute approximate surface area is 232 Å². The van der Waals surface area contributed by atoms with Crippen LogP contribution in [-0.4, -0.2) is 81.8 Å². The highest BCUT2D eigenvalue weighted by Crippen LogP contribution is 2.53. The fourth-order valence-electron chi connectivity index (χ4n) is 6.91. The van der Waals surface area contributed by atoms with E-state index in [1.54, 1.807) is 6.92 Å². The number of likely N-dealkylation sites (tertiary alicyclic amines) is 1. The fraction of sp³-hybridized carbons (Fsp3) is 0.483. The first-order valence-corrected chi connectivity index (χ1v) is 13.8. The van der Waals surface area contributed by atoms with E-state index in [4.69, 9.17) is 0 Å². The molecule has 212 valence electrons. The van der Waals surface area contributed by atoms with Crippen molar-refractivity contribution in [3.8, 4) is 0 Å². The van der Waals surface area contributed by atoms with Gasteiger partial charge in [0.25, 0.3) is 5.91 Å². The lowest BCUT2D eigenvalue weighted by Gasteiger charge is -2.52. The lowest BCUT2D eigenvalue weighted by molar-refractivity contribution is -0.150. The summed E-state index contributed by atoms with van der Waals surface area (Å²) >= 11 is 0. The summed E-state index contributed by atoms with van der Waals surface area (Å²) in [5.41, 5.74) is 1.26. The number of hydrogen-bond donors (Lipinski definition) is 4. The van der Waals surface area contributed by atoms with Gasteiger partial charge in [-0.3, -0.25) is 24.1 Å². The summed E-state index contributed by atoms with van der Waals surface area (Å²) in [6.45, 7) is 3.07. The van der Waals surface area contributed by atoms with E-state index < -0.39 is 47.0 Å². The zero-order valence-electron chi connectivity index (χ0n) is 23.0. The van der Waals surface area contributed by atoms with E-state index >= 15 is 0 Å². The van der Waals surface area contributed by atoms with Crippen LogP contribution >= 0.6 is 0 Å². The molecule has 6 amide bonds. The summed E-state index contributed by atoms with van der Waals surface area (Å²) in [4.78, 5) is 73.1. The smallest absolute Gasteiger partial charge is 0.325 e. The second-order valence-corrected chi connectivity index (χ2v) is 10.9. The standard InChI is InChI=1S/C29H35N5O6/c1-4-17-19-9-10-20-22(26(38)33(3)24(20)36)23(19)29(2,34(25(17)37)28(40)31-13-14-35)27(39)30-12-11-16-15-32-21-8-6-5-7-18(16)21/h5-8,15,20,22-23,32,35H,4,9-14H2,1-3H3,(H,30,39)(H,31,40)/t20-,22-,23+,29+/m1/s1. The molecule has 5 rings (SSSR count). The zero-order chi connectivity index (χ0) is 28.8. The normalized spacial score (nSPS) is 26.3. The number of amides is 6. The molecule has 2 fully saturated rings. The molecule has 1 saturated carbocycles. The van der Waals surface area contributed by atoms with Crippen molar-refractivity contribution in [1.29, 1.82) is 0 Å². The van der Waals surface area contributed by atoms with Crippen molar-refractivity contribution in [2.75, 3.05) is 26.7 Å². The molecular formula is C29H35N5O6. The first kappa shape index (κ1) is 27.6. The molecule has 11 nitrogen and oxygen atoms in total. The predicted molar refractivity (Wildman–Crippen MR) is 146 cm³/mol. The van der Waals surface area contributed by atoms with Crippen molar-refractivity contribution in [2.24, 2.45) is 17.8 Å². The van der Waals surface area contributed by atoms with Crippen LogP contribution < -0.4 is 10.6 Å². The molecule has 0 unspecified atom stereocenters. The molecule has 4 atom stereocenters. The Morgan fingerprint density at radius 2 is 1.88 bits per heavy atom. The number of benzene rings is 1. The van der Waals surface area contributed by atoms with E-state index in [1.807, 2.05) is 30.5 Å². The largest absolute Gasteiger partial charge is 0.395 e. The molecule has 0 radical (unpaired) electrons. The number of nitrogens with zero attached hydrogens (tertiary/aromatic N) is 2. The maximum Gasteiger partial charge on any atom is 0.325 e.